The van der Waals surface area contributed by atoms with E-state index >= 15 is 0 Å². The molecule has 4 N–H and O–H groups in total. The summed E-state index contributed by atoms with van der Waals surface area (Å²) in [6.45, 7) is 7.27. The molecule has 0 aliphatic carbocycles. The second-order valence-corrected chi connectivity index (χ2v) is 16.1. The quantitative estimate of drug-likeness (QED) is 0.140. The van der Waals surface area contributed by atoms with Gasteiger partial charge < -0.3 is 44.8 Å². The van der Waals surface area contributed by atoms with Gasteiger partial charge in [-0.25, -0.2) is 19.6 Å². The lowest BCUT2D eigenvalue weighted by Gasteiger charge is -2.30. The van der Waals surface area contributed by atoms with Crippen molar-refractivity contribution in [2.45, 2.75) is 87.6 Å². The Kier molecular flexibility index (Phi) is 12.4. The second kappa shape index (κ2) is 17.7. The Balaban J connectivity index is 0.955. The van der Waals surface area contributed by atoms with Crippen LogP contribution in [0.2, 0.25) is 0 Å². The average Bonchev–Trinajstić information content (AvgIpc) is 4.07. The lowest BCUT2D eigenvalue weighted by molar-refractivity contribution is -0.138. The van der Waals surface area contributed by atoms with Crippen molar-refractivity contribution in [2.24, 2.45) is 5.92 Å². The van der Waals surface area contributed by atoms with E-state index in [0.29, 0.717) is 49.7 Å². The van der Waals surface area contributed by atoms with Gasteiger partial charge in [0.2, 0.25) is 11.8 Å². The van der Waals surface area contributed by atoms with E-state index in [2.05, 4.69) is 38.1 Å². The molecule has 3 aliphatic heterocycles. The summed E-state index contributed by atoms with van der Waals surface area (Å²) in [5.41, 5.74) is 3.53. The third kappa shape index (κ3) is 8.68. The summed E-state index contributed by atoms with van der Waals surface area (Å²) in [6.07, 6.45) is 5.02. The maximum Gasteiger partial charge on any atom is 0.408 e. The molecule has 2 fully saturated rings. The number of rotatable bonds is 12. The van der Waals surface area contributed by atoms with Crippen LogP contribution in [0.3, 0.4) is 0 Å². The first-order chi connectivity index (χ1) is 28.0. The molecule has 2 unspecified atom stereocenters. The minimum absolute atomic E-state index is 0.116. The molecule has 0 bridgehead atoms. The molecule has 5 heterocycles. The summed E-state index contributed by atoms with van der Waals surface area (Å²) in [4.78, 5) is 81.4. The number of nitrogens with one attached hydrogen (secondary N) is 4. The minimum atomic E-state index is -0.994. The van der Waals surface area contributed by atoms with Crippen LogP contribution in [-0.2, 0) is 30.4 Å². The fraction of sp³-hybridized carbons (Fsp3) is 0.439. The summed E-state index contributed by atoms with van der Waals surface area (Å²) >= 11 is 1.61. The molecule has 2 aromatic carbocycles. The third-order valence-corrected chi connectivity index (χ3v) is 12.0. The molecule has 306 valence electrons. The van der Waals surface area contributed by atoms with Gasteiger partial charge in [-0.2, -0.15) is 0 Å². The van der Waals surface area contributed by atoms with Crippen LogP contribution in [0, 0.1) is 5.92 Å². The Morgan fingerprint density at radius 2 is 1.67 bits per heavy atom. The fourth-order valence-electron chi connectivity index (χ4n) is 7.83. The zero-order valence-corrected chi connectivity index (χ0v) is 33.8. The zero-order chi connectivity index (χ0) is 40.9. The Hall–Kier alpha value is -5.84. The number of benzene rings is 2. The number of hydrogen-bond acceptors (Lipinski definition) is 10. The third-order valence-electron chi connectivity index (χ3n) is 10.8. The van der Waals surface area contributed by atoms with Gasteiger partial charge in [0.05, 0.1) is 36.9 Å². The topological polar surface area (TPSA) is 193 Å². The number of likely N-dealkylation sites (tertiary alicyclic amines) is 2. The van der Waals surface area contributed by atoms with E-state index in [4.69, 9.17) is 14.5 Å². The first-order valence-electron chi connectivity index (χ1n) is 19.7. The van der Waals surface area contributed by atoms with Crippen LogP contribution in [0.4, 0.5) is 15.4 Å². The number of thioether (sulfide) groups is 1. The molecule has 0 spiro atoms. The van der Waals surface area contributed by atoms with Gasteiger partial charge in [-0.05, 0) is 55.2 Å². The monoisotopic (exact) mass is 811 g/mol. The molecule has 0 radical (unpaired) electrons. The molecule has 7 rings (SSSR count). The van der Waals surface area contributed by atoms with Crippen LogP contribution < -0.4 is 16.0 Å². The van der Waals surface area contributed by atoms with Crippen molar-refractivity contribution in [3.63, 3.8) is 0 Å². The van der Waals surface area contributed by atoms with Crippen LogP contribution in [-0.4, -0.2) is 98.1 Å². The molecular weight excluding hydrogens is 763 g/mol. The van der Waals surface area contributed by atoms with Crippen molar-refractivity contribution in [1.82, 2.24) is 40.0 Å². The summed E-state index contributed by atoms with van der Waals surface area (Å²) in [5, 5.41) is 9.18. The number of alkyl carbamates (subject to hydrolysis) is 2. The lowest BCUT2D eigenvalue weighted by Crippen LogP contribution is -2.51. The van der Waals surface area contributed by atoms with Crippen molar-refractivity contribution in [2.75, 3.05) is 32.1 Å². The second-order valence-electron chi connectivity index (χ2n) is 14.9. The van der Waals surface area contributed by atoms with Gasteiger partial charge in [0.25, 0.3) is 5.91 Å². The van der Waals surface area contributed by atoms with Gasteiger partial charge in [0.15, 0.2) is 11.0 Å². The lowest BCUT2D eigenvalue weighted by atomic mass is 10.0. The van der Waals surface area contributed by atoms with Gasteiger partial charge >= 0.3 is 12.2 Å². The van der Waals surface area contributed by atoms with Crippen molar-refractivity contribution in [3.05, 3.63) is 83.9 Å². The van der Waals surface area contributed by atoms with E-state index in [1.54, 1.807) is 54.0 Å². The molecule has 0 saturated carbocycles. The van der Waals surface area contributed by atoms with Crippen LogP contribution in [0.15, 0.2) is 72.1 Å². The number of carbonyl (C=O) groups is 5. The smallest absolute Gasteiger partial charge is 0.408 e. The predicted molar refractivity (Wildman–Crippen MR) is 215 cm³/mol. The van der Waals surface area contributed by atoms with Crippen molar-refractivity contribution in [3.8, 4) is 11.3 Å². The van der Waals surface area contributed by atoms with Gasteiger partial charge in [0.1, 0.15) is 23.9 Å². The SMILES string of the molecule is CCOC(=O)N[C@@H](C(=O)N1CCCC1C(=O)Nc1cn2c(n1)SC(c1ccc(-c3cnc([C@@H]4CCCN4C(=O)[C@@H](NC(=O)OC)C(C)C)[nH]3)cc1)C2)c1ccccc1. The summed E-state index contributed by atoms with van der Waals surface area (Å²) < 4.78 is 11.8. The van der Waals surface area contributed by atoms with E-state index in [9.17, 15) is 24.0 Å². The van der Waals surface area contributed by atoms with E-state index < -0.39 is 30.3 Å². The number of carbonyl (C=O) groups excluding carboxylic acids is 5. The van der Waals surface area contributed by atoms with E-state index in [0.717, 1.165) is 34.8 Å². The number of anilines is 1. The number of imidazole rings is 2. The number of amides is 5. The van der Waals surface area contributed by atoms with Crippen molar-refractivity contribution in [1.29, 1.82) is 0 Å². The highest BCUT2D eigenvalue weighted by atomic mass is 32.2. The van der Waals surface area contributed by atoms with Crippen molar-refractivity contribution >= 4 is 47.5 Å². The van der Waals surface area contributed by atoms with E-state index in [-0.39, 0.29) is 41.5 Å². The summed E-state index contributed by atoms with van der Waals surface area (Å²) in [6, 6.07) is 14.6. The summed E-state index contributed by atoms with van der Waals surface area (Å²) in [5.74, 6) is 0.156. The minimum Gasteiger partial charge on any atom is -0.453 e. The normalized spacial score (nSPS) is 19.7. The first-order valence-corrected chi connectivity index (χ1v) is 20.6. The highest BCUT2D eigenvalue weighted by Gasteiger charge is 2.40. The molecule has 5 atom stereocenters. The first kappa shape index (κ1) is 40.4. The van der Waals surface area contributed by atoms with E-state index in [1.807, 2.05) is 42.8 Å². The number of aromatic amines is 1. The van der Waals surface area contributed by atoms with Crippen LogP contribution >= 0.6 is 11.8 Å². The molecule has 58 heavy (non-hydrogen) atoms. The molecular formula is C41H49N9O7S. The van der Waals surface area contributed by atoms with E-state index in [1.165, 1.54) is 12.0 Å². The fourth-order valence-corrected chi connectivity index (χ4v) is 9.02. The Labute approximate surface area is 340 Å². The molecule has 3 aliphatic rings. The number of ether oxygens (including phenoxy) is 2. The Bertz CT molecular complexity index is 2100. The number of nitrogens with zero attached hydrogens (tertiary/aromatic N) is 5. The van der Waals surface area contributed by atoms with Crippen LogP contribution in [0.25, 0.3) is 11.3 Å². The number of fused-ring (bicyclic) bond motifs is 1. The zero-order valence-electron chi connectivity index (χ0n) is 33.0. The maximum absolute atomic E-state index is 13.8. The molecule has 4 aromatic rings. The predicted octanol–water partition coefficient (Wildman–Crippen LogP) is 5.58. The molecule has 17 heteroatoms. The highest BCUT2D eigenvalue weighted by molar-refractivity contribution is 7.99. The molecule has 16 nitrogen and oxygen atoms in total. The Morgan fingerprint density at radius 3 is 2.38 bits per heavy atom. The number of hydrogen-bond donors (Lipinski definition) is 4. The molecule has 2 aromatic heterocycles. The maximum atomic E-state index is 13.8. The molecule has 2 saturated heterocycles. The average molecular weight is 812 g/mol. The van der Waals surface area contributed by atoms with Crippen LogP contribution in [0.1, 0.15) is 80.7 Å². The highest BCUT2D eigenvalue weighted by Crippen LogP contribution is 2.43. The molecule has 5 amide bonds. The van der Waals surface area contributed by atoms with Crippen molar-refractivity contribution < 1.29 is 33.4 Å². The largest absolute Gasteiger partial charge is 0.453 e. The Morgan fingerprint density at radius 1 is 0.931 bits per heavy atom. The van der Waals surface area contributed by atoms with Crippen LogP contribution in [0.5, 0.6) is 0 Å². The summed E-state index contributed by atoms with van der Waals surface area (Å²) in [7, 11) is 1.28. The van der Waals surface area contributed by atoms with Gasteiger partial charge in [-0.15, -0.1) is 0 Å². The van der Waals surface area contributed by atoms with Gasteiger partial charge in [-0.1, -0.05) is 80.2 Å². The number of aromatic nitrogens is 4. The van der Waals surface area contributed by atoms with Gasteiger partial charge in [0, 0.05) is 25.8 Å². The standard InChI is InChI=1S/C41H49N9O7S/c1-5-57-41(55)47-34(27-11-7-6-8-12-27)38(53)50-20-10-14-30(50)36(51)44-32-23-48-22-31(58-39(48)45-32)26-17-15-25(16-18-26)28-21-42-35(43-28)29-13-9-19-49(29)37(52)33(24(2)3)46-40(54)56-4/h6-8,11-12,15-18,21,23-24,29-31,33-34H,5,9-10,13-14,19-20,22H2,1-4H3,(H,42,43)(H,44,51)(H,46,54)(H,47,55)/t29-,30?,31?,33-,34+/m0/s1. The number of methoxy groups -OCH3 is 1. The van der Waals surface area contributed by atoms with Gasteiger partial charge in [-0.3, -0.25) is 14.4 Å². The number of H-pyrrole nitrogens is 1.